The Bertz CT molecular complexity index is 809. The lowest BCUT2D eigenvalue weighted by atomic mass is 10.2. The van der Waals surface area contributed by atoms with Crippen molar-refractivity contribution in [3.8, 4) is 11.8 Å². The second-order valence-electron chi connectivity index (χ2n) is 5.93. The fourth-order valence-electron chi connectivity index (χ4n) is 3.18. The van der Waals surface area contributed by atoms with E-state index in [1.807, 2.05) is 31.3 Å². The van der Waals surface area contributed by atoms with Gasteiger partial charge in [-0.3, -0.25) is 0 Å². The van der Waals surface area contributed by atoms with E-state index < -0.39 is 0 Å². The molecule has 0 unspecified atom stereocenters. The molecule has 130 valence electrons. The zero-order valence-electron chi connectivity index (χ0n) is 14.4. The van der Waals surface area contributed by atoms with Crippen LogP contribution in [0.15, 0.2) is 36.5 Å². The van der Waals surface area contributed by atoms with E-state index in [2.05, 4.69) is 33.0 Å². The average Bonchev–Trinajstić information content (AvgIpc) is 2.88. The van der Waals surface area contributed by atoms with Gasteiger partial charge in [-0.15, -0.1) is 0 Å². The summed E-state index contributed by atoms with van der Waals surface area (Å²) >= 11 is 5.25. The van der Waals surface area contributed by atoms with Crippen molar-refractivity contribution in [3.63, 3.8) is 0 Å². The van der Waals surface area contributed by atoms with Gasteiger partial charge in [-0.2, -0.15) is 5.26 Å². The number of anilines is 2. The molecule has 2 heterocycles. The molecule has 1 aliphatic rings. The molecule has 0 spiro atoms. The Morgan fingerprint density at radius 3 is 2.56 bits per heavy atom. The number of nitrogens with one attached hydrogen (secondary N) is 1. The summed E-state index contributed by atoms with van der Waals surface area (Å²) < 4.78 is 6.02. The fraction of sp³-hybridized carbons (Fsp3) is 0.368. The van der Waals surface area contributed by atoms with E-state index >= 15 is 0 Å². The van der Waals surface area contributed by atoms with E-state index in [0.29, 0.717) is 16.8 Å². The van der Waals surface area contributed by atoms with Gasteiger partial charge in [-0.05, 0) is 43.7 Å². The number of hydrogen-bond donors (Lipinski definition) is 1. The molecule has 0 atom stereocenters. The number of H-pyrrole nitrogens is 1. The number of rotatable bonds is 4. The largest absolute Gasteiger partial charge is 0.494 e. The van der Waals surface area contributed by atoms with Crippen LogP contribution in [0.3, 0.4) is 0 Å². The monoisotopic (exact) mass is 354 g/mol. The lowest BCUT2D eigenvalue weighted by molar-refractivity contribution is 0.340. The summed E-state index contributed by atoms with van der Waals surface area (Å²) in [6.07, 6.45) is 2.84. The first-order valence-corrected chi connectivity index (χ1v) is 8.98. The van der Waals surface area contributed by atoms with Crippen LogP contribution in [0.4, 0.5) is 11.4 Å². The van der Waals surface area contributed by atoms with E-state index in [0.717, 1.165) is 44.0 Å². The van der Waals surface area contributed by atoms with Crippen LogP contribution in [-0.4, -0.2) is 37.8 Å². The minimum absolute atomic E-state index is 0.507. The molecule has 1 N–H and O–H groups in total. The second-order valence-corrected chi connectivity index (χ2v) is 6.34. The summed E-state index contributed by atoms with van der Waals surface area (Å²) in [5, 5.41) is 9.41. The molecule has 0 bridgehead atoms. The summed E-state index contributed by atoms with van der Waals surface area (Å²) in [5.74, 6) is 0.903. The number of benzene rings is 1. The molecule has 1 aromatic carbocycles. The smallest absolute Gasteiger partial charge is 0.123 e. The van der Waals surface area contributed by atoms with Crippen molar-refractivity contribution in [3.05, 3.63) is 46.7 Å². The predicted octanol–water partition coefficient (Wildman–Crippen LogP) is 3.73. The van der Waals surface area contributed by atoms with E-state index in [-0.39, 0.29) is 0 Å². The highest BCUT2D eigenvalue weighted by atomic mass is 32.1. The lowest BCUT2D eigenvalue weighted by Gasteiger charge is -2.25. The molecule has 1 fully saturated rings. The first-order chi connectivity index (χ1) is 12.2. The molecule has 1 aromatic heterocycles. The number of ether oxygens (including phenoxy) is 1. The molecule has 0 amide bonds. The zero-order valence-corrected chi connectivity index (χ0v) is 15.2. The van der Waals surface area contributed by atoms with Crippen molar-refractivity contribution >= 4 is 23.6 Å². The van der Waals surface area contributed by atoms with Crippen LogP contribution in [0.1, 0.15) is 18.9 Å². The Hall–Kier alpha value is -2.52. The lowest BCUT2D eigenvalue weighted by Crippen LogP contribution is -2.31. The van der Waals surface area contributed by atoms with Gasteiger partial charge in [0.15, 0.2) is 0 Å². The molecule has 0 radical (unpaired) electrons. The van der Waals surface area contributed by atoms with Crippen molar-refractivity contribution in [1.82, 2.24) is 4.98 Å². The van der Waals surface area contributed by atoms with Crippen LogP contribution in [0.5, 0.6) is 5.75 Å². The summed E-state index contributed by atoms with van der Waals surface area (Å²) in [7, 11) is 0. The van der Waals surface area contributed by atoms with Gasteiger partial charge in [0.05, 0.1) is 12.3 Å². The van der Waals surface area contributed by atoms with Gasteiger partial charge in [-0.1, -0.05) is 12.2 Å². The molecule has 2 aromatic rings. The second kappa shape index (κ2) is 8.04. The Labute approximate surface area is 153 Å². The van der Waals surface area contributed by atoms with Gasteiger partial charge in [0.25, 0.3) is 0 Å². The van der Waals surface area contributed by atoms with Crippen molar-refractivity contribution < 1.29 is 4.74 Å². The zero-order chi connectivity index (χ0) is 17.6. The minimum Gasteiger partial charge on any atom is -0.494 e. The van der Waals surface area contributed by atoms with Crippen molar-refractivity contribution in [2.45, 2.75) is 13.3 Å². The molecule has 25 heavy (non-hydrogen) atoms. The summed E-state index contributed by atoms with van der Waals surface area (Å²) in [6, 6.07) is 12.4. The number of aromatic amines is 1. The Balaban J connectivity index is 1.74. The number of aromatic nitrogens is 1. The maximum atomic E-state index is 9.41. The van der Waals surface area contributed by atoms with Crippen LogP contribution in [-0.2, 0) is 0 Å². The summed E-state index contributed by atoms with van der Waals surface area (Å²) in [4.78, 5) is 7.58. The topological polar surface area (TPSA) is 55.3 Å². The maximum Gasteiger partial charge on any atom is 0.123 e. The Morgan fingerprint density at radius 2 is 1.84 bits per heavy atom. The van der Waals surface area contributed by atoms with E-state index in [4.69, 9.17) is 17.0 Å². The first kappa shape index (κ1) is 17.3. The highest BCUT2D eigenvalue weighted by molar-refractivity contribution is 7.71. The molecule has 5 nitrogen and oxygen atoms in total. The number of nitrogens with zero attached hydrogens (tertiary/aromatic N) is 3. The van der Waals surface area contributed by atoms with Crippen LogP contribution < -0.4 is 14.5 Å². The summed E-state index contributed by atoms with van der Waals surface area (Å²) in [6.45, 7) is 6.35. The van der Waals surface area contributed by atoms with E-state index in [9.17, 15) is 5.26 Å². The highest BCUT2D eigenvalue weighted by Gasteiger charge is 2.18. The third-order valence-corrected chi connectivity index (χ3v) is 4.72. The number of nitriles is 1. The molecule has 3 rings (SSSR count). The minimum atomic E-state index is 0.507. The highest BCUT2D eigenvalue weighted by Crippen LogP contribution is 2.24. The van der Waals surface area contributed by atoms with Crippen molar-refractivity contribution in [2.75, 3.05) is 42.6 Å². The molecule has 6 heteroatoms. The average molecular weight is 354 g/mol. The van der Waals surface area contributed by atoms with Crippen LogP contribution in [0.25, 0.3) is 0 Å². The normalized spacial score (nSPS) is 14.7. The van der Waals surface area contributed by atoms with Gasteiger partial charge < -0.3 is 19.5 Å². The predicted molar refractivity (Wildman–Crippen MR) is 103 cm³/mol. The molecule has 1 aliphatic heterocycles. The van der Waals surface area contributed by atoms with Gasteiger partial charge in [0.2, 0.25) is 0 Å². The van der Waals surface area contributed by atoms with Crippen molar-refractivity contribution in [2.24, 2.45) is 0 Å². The number of hydrogen-bond acceptors (Lipinski definition) is 5. The molecular formula is C19H22N4OS. The maximum absolute atomic E-state index is 9.41. The van der Waals surface area contributed by atoms with Gasteiger partial charge >= 0.3 is 0 Å². The van der Waals surface area contributed by atoms with E-state index in [1.165, 1.54) is 5.69 Å². The Kier molecular flexibility index (Phi) is 5.56. The first-order valence-electron chi connectivity index (χ1n) is 8.57. The van der Waals surface area contributed by atoms with Crippen LogP contribution in [0, 0.1) is 16.0 Å². The third kappa shape index (κ3) is 3.94. The van der Waals surface area contributed by atoms with Gasteiger partial charge in [0, 0.05) is 38.1 Å². The van der Waals surface area contributed by atoms with Gasteiger partial charge in [0.1, 0.15) is 22.0 Å². The van der Waals surface area contributed by atoms with E-state index in [1.54, 1.807) is 0 Å². The number of pyridine rings is 1. The van der Waals surface area contributed by atoms with Gasteiger partial charge in [-0.25, -0.2) is 0 Å². The SMILES string of the molecule is CCOc1ccc(N2CCCN(c3cc[nH]c(=S)c3C#N)CC2)cc1. The van der Waals surface area contributed by atoms with Crippen LogP contribution in [0.2, 0.25) is 0 Å². The molecule has 0 aliphatic carbocycles. The third-order valence-electron chi connectivity index (χ3n) is 4.40. The van der Waals surface area contributed by atoms with Crippen LogP contribution >= 0.6 is 12.2 Å². The standard InChI is InChI=1S/C19H22N4OS/c1-2-24-16-6-4-15(5-7-16)22-10-3-11-23(13-12-22)18-8-9-21-19(25)17(18)14-20/h4-9H,2-3,10-13H2,1H3,(H,21,25). The van der Waals surface area contributed by atoms with Crippen molar-refractivity contribution in [1.29, 1.82) is 5.26 Å². The molecular weight excluding hydrogens is 332 g/mol. The fourth-order valence-corrected chi connectivity index (χ4v) is 3.39. The Morgan fingerprint density at radius 1 is 1.12 bits per heavy atom. The molecule has 0 saturated carbocycles. The quantitative estimate of drug-likeness (QED) is 0.848. The molecule has 1 saturated heterocycles. The summed E-state index contributed by atoms with van der Waals surface area (Å²) in [5.41, 5.74) is 2.70.